The number of carbonyl (C=O) groups is 2. The summed E-state index contributed by atoms with van der Waals surface area (Å²) in [7, 11) is 0. The van der Waals surface area contributed by atoms with E-state index < -0.39 is 22.9 Å². The lowest BCUT2D eigenvalue weighted by molar-refractivity contribution is -0.120. The molecule has 144 valence electrons. The minimum Gasteiger partial charge on any atom is -0.349 e. The normalized spacial score (nSPS) is 12.9. The first kappa shape index (κ1) is 20.9. The van der Waals surface area contributed by atoms with Crippen LogP contribution in [-0.4, -0.2) is 22.8 Å². The van der Waals surface area contributed by atoms with Gasteiger partial charge in [-0.25, -0.2) is 8.78 Å². The number of benzene rings is 2. The van der Waals surface area contributed by atoms with Gasteiger partial charge in [0.25, 0.3) is 0 Å². The fourth-order valence-electron chi connectivity index (χ4n) is 2.31. The number of hydrogen-bond acceptors (Lipinski definition) is 3. The molecule has 2 atom stereocenters. The largest absolute Gasteiger partial charge is 0.349 e. The molecular weight excluding hydrogens is 370 g/mol. The first-order valence-corrected chi connectivity index (χ1v) is 9.54. The van der Waals surface area contributed by atoms with E-state index in [1.54, 1.807) is 13.8 Å². The van der Waals surface area contributed by atoms with Gasteiger partial charge in [-0.1, -0.05) is 23.8 Å². The molecule has 0 radical (unpaired) electrons. The van der Waals surface area contributed by atoms with E-state index in [9.17, 15) is 18.4 Å². The third-order valence-corrected chi connectivity index (χ3v) is 5.11. The summed E-state index contributed by atoms with van der Waals surface area (Å²) in [6.07, 6.45) is 0. The molecule has 0 aliphatic rings. The molecule has 7 heteroatoms. The van der Waals surface area contributed by atoms with Crippen LogP contribution in [0.25, 0.3) is 0 Å². The highest BCUT2D eigenvalue weighted by atomic mass is 32.2. The second-order valence-corrected chi connectivity index (χ2v) is 7.60. The molecule has 0 saturated carbocycles. The molecule has 27 heavy (non-hydrogen) atoms. The molecule has 2 aromatic rings. The van der Waals surface area contributed by atoms with Crippen LogP contribution in [0.15, 0.2) is 42.5 Å². The van der Waals surface area contributed by atoms with Crippen LogP contribution in [-0.2, 0) is 9.59 Å². The van der Waals surface area contributed by atoms with Gasteiger partial charge in [0, 0.05) is 5.69 Å². The number of amides is 2. The Morgan fingerprint density at radius 1 is 1.04 bits per heavy atom. The highest BCUT2D eigenvalue weighted by molar-refractivity contribution is 8.01. The number of thioether (sulfide) groups is 1. The number of rotatable bonds is 7. The fraction of sp³-hybridized carbons (Fsp3) is 0.300. The van der Waals surface area contributed by atoms with E-state index in [2.05, 4.69) is 10.6 Å². The molecule has 2 aromatic carbocycles. The summed E-state index contributed by atoms with van der Waals surface area (Å²) in [6, 6.07) is 10.5. The molecule has 4 nitrogen and oxygen atoms in total. The summed E-state index contributed by atoms with van der Waals surface area (Å²) >= 11 is 1.20. The zero-order valence-electron chi connectivity index (χ0n) is 15.4. The first-order valence-electron chi connectivity index (χ1n) is 8.49. The summed E-state index contributed by atoms with van der Waals surface area (Å²) in [5.41, 5.74) is 2.27. The molecule has 0 spiro atoms. The van der Waals surface area contributed by atoms with E-state index in [1.807, 2.05) is 31.2 Å². The summed E-state index contributed by atoms with van der Waals surface area (Å²) in [5.74, 6) is -2.23. The van der Waals surface area contributed by atoms with Crippen molar-refractivity contribution in [3.8, 4) is 0 Å². The Hall–Kier alpha value is -2.41. The van der Waals surface area contributed by atoms with Crippen molar-refractivity contribution in [2.24, 2.45) is 0 Å². The van der Waals surface area contributed by atoms with Gasteiger partial charge in [-0.05, 0) is 50.6 Å². The van der Waals surface area contributed by atoms with Crippen LogP contribution in [0.3, 0.4) is 0 Å². The number of hydrogen-bond donors (Lipinski definition) is 2. The van der Waals surface area contributed by atoms with Gasteiger partial charge in [-0.2, -0.15) is 0 Å². The third-order valence-electron chi connectivity index (χ3n) is 3.97. The summed E-state index contributed by atoms with van der Waals surface area (Å²) in [4.78, 5) is 24.3. The Balaban J connectivity index is 1.81. The fourth-order valence-corrected chi connectivity index (χ4v) is 3.00. The Morgan fingerprint density at radius 3 is 2.33 bits per heavy atom. The van der Waals surface area contributed by atoms with Crippen molar-refractivity contribution in [1.82, 2.24) is 5.32 Å². The molecule has 0 aliphatic carbocycles. The smallest absolute Gasteiger partial charge is 0.234 e. The number of halogens is 2. The lowest BCUT2D eigenvalue weighted by Crippen LogP contribution is -2.34. The maximum Gasteiger partial charge on any atom is 0.234 e. The van der Waals surface area contributed by atoms with Crippen LogP contribution in [0.5, 0.6) is 0 Å². The lowest BCUT2D eigenvalue weighted by Gasteiger charge is -2.18. The first-order chi connectivity index (χ1) is 12.8. The Bertz CT molecular complexity index is 812. The molecule has 2 unspecified atom stereocenters. The van der Waals surface area contributed by atoms with Gasteiger partial charge in [-0.15, -0.1) is 11.8 Å². The highest BCUT2D eigenvalue weighted by Gasteiger charge is 2.18. The van der Waals surface area contributed by atoms with Crippen molar-refractivity contribution in [1.29, 1.82) is 0 Å². The van der Waals surface area contributed by atoms with Crippen molar-refractivity contribution in [3.63, 3.8) is 0 Å². The molecule has 0 bridgehead atoms. The average Bonchev–Trinajstić information content (AvgIpc) is 2.63. The molecule has 0 aliphatic heterocycles. The van der Waals surface area contributed by atoms with Crippen molar-refractivity contribution >= 4 is 29.3 Å². The molecule has 2 amide bonds. The van der Waals surface area contributed by atoms with E-state index in [-0.39, 0.29) is 17.6 Å². The molecule has 0 aromatic heterocycles. The van der Waals surface area contributed by atoms with Crippen LogP contribution in [0, 0.1) is 18.6 Å². The zero-order valence-corrected chi connectivity index (χ0v) is 16.2. The van der Waals surface area contributed by atoms with Gasteiger partial charge in [0.1, 0.15) is 0 Å². The Morgan fingerprint density at radius 2 is 1.70 bits per heavy atom. The maximum atomic E-state index is 13.3. The molecule has 2 rings (SSSR count). The van der Waals surface area contributed by atoms with E-state index in [0.29, 0.717) is 11.3 Å². The van der Waals surface area contributed by atoms with Crippen LogP contribution >= 0.6 is 11.8 Å². The van der Waals surface area contributed by atoms with Crippen molar-refractivity contribution in [3.05, 3.63) is 65.2 Å². The monoisotopic (exact) mass is 392 g/mol. The van der Waals surface area contributed by atoms with Crippen molar-refractivity contribution in [2.75, 3.05) is 11.1 Å². The van der Waals surface area contributed by atoms with Crippen molar-refractivity contribution < 1.29 is 18.4 Å². The van der Waals surface area contributed by atoms with Gasteiger partial charge < -0.3 is 10.6 Å². The van der Waals surface area contributed by atoms with Gasteiger partial charge in [0.2, 0.25) is 11.8 Å². The predicted molar refractivity (Wildman–Crippen MR) is 105 cm³/mol. The molecule has 2 N–H and O–H groups in total. The van der Waals surface area contributed by atoms with Crippen LogP contribution in [0.2, 0.25) is 0 Å². The second-order valence-electron chi connectivity index (χ2n) is 6.27. The SMILES string of the molecule is Cc1ccc(NC(=O)CSC(C)C(=O)NC(C)c2ccc(F)c(F)c2)cc1. The molecule has 0 heterocycles. The van der Waals surface area contributed by atoms with E-state index in [4.69, 9.17) is 0 Å². The van der Waals surface area contributed by atoms with E-state index in [0.717, 1.165) is 17.7 Å². The predicted octanol–water partition coefficient (Wildman–Crippen LogP) is 4.21. The number of nitrogens with one attached hydrogen (secondary N) is 2. The van der Waals surface area contributed by atoms with Gasteiger partial charge in [-0.3, -0.25) is 9.59 Å². The van der Waals surface area contributed by atoms with Crippen LogP contribution in [0.1, 0.15) is 31.0 Å². The Labute approximate surface area is 161 Å². The minimum absolute atomic E-state index is 0.127. The standard InChI is InChI=1S/C20H22F2N2O2S/c1-12-4-7-16(8-5-12)24-19(25)11-27-14(3)20(26)23-13(2)15-6-9-17(21)18(22)10-15/h4-10,13-14H,11H2,1-3H3,(H,23,26)(H,24,25). The topological polar surface area (TPSA) is 58.2 Å². The van der Waals surface area contributed by atoms with E-state index in [1.165, 1.54) is 17.8 Å². The highest BCUT2D eigenvalue weighted by Crippen LogP contribution is 2.18. The minimum atomic E-state index is -0.955. The third kappa shape index (κ3) is 6.36. The van der Waals surface area contributed by atoms with Gasteiger partial charge in [0.05, 0.1) is 17.0 Å². The maximum absolute atomic E-state index is 13.3. The lowest BCUT2D eigenvalue weighted by atomic mass is 10.1. The van der Waals surface area contributed by atoms with Crippen molar-refractivity contribution in [2.45, 2.75) is 32.1 Å². The summed E-state index contributed by atoms with van der Waals surface area (Å²) < 4.78 is 26.3. The molecule has 0 fully saturated rings. The number of carbonyl (C=O) groups excluding carboxylic acids is 2. The van der Waals surface area contributed by atoms with Gasteiger partial charge >= 0.3 is 0 Å². The quantitative estimate of drug-likeness (QED) is 0.742. The summed E-state index contributed by atoms with van der Waals surface area (Å²) in [6.45, 7) is 5.34. The summed E-state index contributed by atoms with van der Waals surface area (Å²) in [5, 5.41) is 5.04. The van der Waals surface area contributed by atoms with Crippen LogP contribution in [0.4, 0.5) is 14.5 Å². The van der Waals surface area contributed by atoms with E-state index >= 15 is 0 Å². The van der Waals surface area contributed by atoms with Gasteiger partial charge in [0.15, 0.2) is 11.6 Å². The number of aryl methyl sites for hydroxylation is 1. The average molecular weight is 392 g/mol. The Kier molecular flexibility index (Phi) is 7.36. The zero-order chi connectivity index (χ0) is 20.0. The molecular formula is C20H22F2N2O2S. The number of anilines is 1. The second kappa shape index (κ2) is 9.50. The molecule has 0 saturated heterocycles. The van der Waals surface area contributed by atoms with Crippen LogP contribution < -0.4 is 10.6 Å².